The Bertz CT molecular complexity index is 480. The fraction of sp³-hybridized carbons (Fsp3) is 0.667. The molecule has 1 aromatic carbocycles. The summed E-state index contributed by atoms with van der Waals surface area (Å²) < 4.78 is 6.00. The topological polar surface area (TPSA) is 24.5 Å². The fourth-order valence-corrected chi connectivity index (χ4v) is 3.56. The summed E-state index contributed by atoms with van der Waals surface area (Å²) in [6.45, 7) is 10.0. The van der Waals surface area contributed by atoms with Crippen LogP contribution in [0.15, 0.2) is 18.2 Å². The van der Waals surface area contributed by atoms with E-state index in [9.17, 15) is 0 Å². The SMILES string of the molecule is CC1CN(C(C)C)c2cc(CC3CCCNC3)ccc2O1. The molecular formula is C18H28N2O. The van der Waals surface area contributed by atoms with Gasteiger partial charge in [0.05, 0.1) is 12.2 Å². The normalized spacial score (nSPS) is 25.6. The summed E-state index contributed by atoms with van der Waals surface area (Å²) in [4.78, 5) is 2.48. The highest BCUT2D eigenvalue weighted by atomic mass is 16.5. The van der Waals surface area contributed by atoms with Gasteiger partial charge in [0, 0.05) is 6.04 Å². The van der Waals surface area contributed by atoms with E-state index in [1.165, 1.54) is 43.6 Å². The van der Waals surface area contributed by atoms with Gasteiger partial charge in [0.25, 0.3) is 0 Å². The number of piperidine rings is 1. The molecule has 2 atom stereocenters. The van der Waals surface area contributed by atoms with Crippen molar-refractivity contribution in [3.05, 3.63) is 23.8 Å². The summed E-state index contributed by atoms with van der Waals surface area (Å²) in [7, 11) is 0. The summed E-state index contributed by atoms with van der Waals surface area (Å²) in [5, 5.41) is 3.52. The second-order valence-electron chi connectivity index (χ2n) is 6.89. The Balaban J connectivity index is 1.80. The molecule has 2 aliphatic rings. The molecule has 2 aliphatic heterocycles. The van der Waals surface area contributed by atoms with E-state index in [0.717, 1.165) is 18.2 Å². The van der Waals surface area contributed by atoms with E-state index in [1.807, 2.05) is 0 Å². The summed E-state index contributed by atoms with van der Waals surface area (Å²) in [5.41, 5.74) is 2.73. The summed E-state index contributed by atoms with van der Waals surface area (Å²) in [5.74, 6) is 1.83. The van der Waals surface area contributed by atoms with Gasteiger partial charge in [-0.05, 0) is 76.7 Å². The quantitative estimate of drug-likeness (QED) is 0.924. The van der Waals surface area contributed by atoms with Gasteiger partial charge >= 0.3 is 0 Å². The van der Waals surface area contributed by atoms with Crippen LogP contribution < -0.4 is 15.0 Å². The molecule has 3 heteroatoms. The molecule has 2 unspecified atom stereocenters. The maximum atomic E-state index is 6.00. The predicted octanol–water partition coefficient (Wildman–Crippen LogP) is 3.22. The third kappa shape index (κ3) is 3.34. The molecule has 0 aromatic heterocycles. The number of anilines is 1. The number of nitrogens with one attached hydrogen (secondary N) is 1. The van der Waals surface area contributed by atoms with Gasteiger partial charge < -0.3 is 15.0 Å². The van der Waals surface area contributed by atoms with E-state index in [0.29, 0.717) is 6.04 Å². The molecule has 1 N–H and O–H groups in total. The Morgan fingerprint density at radius 2 is 2.24 bits per heavy atom. The number of hydrogen-bond acceptors (Lipinski definition) is 3. The lowest BCUT2D eigenvalue weighted by Crippen LogP contribution is -2.42. The standard InChI is InChI=1S/C18H28N2O/c1-13(2)20-12-14(3)21-18-7-6-15(10-17(18)20)9-16-5-4-8-19-11-16/h6-7,10,13-14,16,19H,4-5,8-9,11-12H2,1-3H3. The van der Waals surface area contributed by atoms with Crippen LogP contribution >= 0.6 is 0 Å². The van der Waals surface area contributed by atoms with Gasteiger partial charge in [-0.15, -0.1) is 0 Å². The molecule has 0 radical (unpaired) electrons. The van der Waals surface area contributed by atoms with Crippen LogP contribution in [0, 0.1) is 5.92 Å². The Kier molecular flexibility index (Phi) is 4.39. The van der Waals surface area contributed by atoms with E-state index < -0.39 is 0 Å². The maximum absolute atomic E-state index is 6.00. The highest BCUT2D eigenvalue weighted by molar-refractivity contribution is 5.62. The second kappa shape index (κ2) is 6.27. The Labute approximate surface area is 128 Å². The first kappa shape index (κ1) is 14.7. The first-order valence-corrected chi connectivity index (χ1v) is 8.40. The molecule has 2 heterocycles. The van der Waals surface area contributed by atoms with Crippen LogP contribution in [0.5, 0.6) is 5.75 Å². The molecule has 0 aliphatic carbocycles. The minimum atomic E-state index is 0.272. The fourth-order valence-electron chi connectivity index (χ4n) is 3.56. The smallest absolute Gasteiger partial charge is 0.143 e. The average Bonchev–Trinajstić information content (AvgIpc) is 2.47. The van der Waals surface area contributed by atoms with Gasteiger partial charge in [-0.3, -0.25) is 0 Å². The number of rotatable bonds is 3. The van der Waals surface area contributed by atoms with Crippen LogP contribution in [0.2, 0.25) is 0 Å². The van der Waals surface area contributed by atoms with Crippen molar-refractivity contribution in [1.29, 1.82) is 0 Å². The second-order valence-corrected chi connectivity index (χ2v) is 6.89. The van der Waals surface area contributed by atoms with E-state index in [-0.39, 0.29) is 6.10 Å². The minimum Gasteiger partial charge on any atom is -0.487 e. The zero-order valence-electron chi connectivity index (χ0n) is 13.6. The number of benzene rings is 1. The van der Waals surface area contributed by atoms with Gasteiger partial charge in [-0.25, -0.2) is 0 Å². The Morgan fingerprint density at radius 1 is 1.38 bits per heavy atom. The molecule has 116 valence electrons. The molecule has 0 spiro atoms. The van der Waals surface area contributed by atoms with Gasteiger partial charge in [0.15, 0.2) is 0 Å². The van der Waals surface area contributed by atoms with E-state index >= 15 is 0 Å². The average molecular weight is 288 g/mol. The van der Waals surface area contributed by atoms with E-state index in [1.54, 1.807) is 0 Å². The monoisotopic (exact) mass is 288 g/mol. The summed E-state index contributed by atoms with van der Waals surface area (Å²) in [6.07, 6.45) is 4.12. The molecule has 0 bridgehead atoms. The first-order chi connectivity index (χ1) is 10.1. The third-order valence-electron chi connectivity index (χ3n) is 4.66. The molecule has 1 fully saturated rings. The largest absolute Gasteiger partial charge is 0.487 e. The lowest BCUT2D eigenvalue weighted by molar-refractivity contribution is 0.209. The van der Waals surface area contributed by atoms with Gasteiger partial charge in [0.2, 0.25) is 0 Å². The first-order valence-electron chi connectivity index (χ1n) is 8.40. The molecule has 3 rings (SSSR count). The summed E-state index contributed by atoms with van der Waals surface area (Å²) in [6, 6.07) is 7.30. The van der Waals surface area contributed by atoms with Gasteiger partial charge in [-0.2, -0.15) is 0 Å². The predicted molar refractivity (Wildman–Crippen MR) is 88.3 cm³/mol. The van der Waals surface area contributed by atoms with Crippen molar-refractivity contribution in [2.24, 2.45) is 5.92 Å². The maximum Gasteiger partial charge on any atom is 0.143 e. The lowest BCUT2D eigenvalue weighted by atomic mass is 9.92. The van der Waals surface area contributed by atoms with Crippen molar-refractivity contribution in [1.82, 2.24) is 5.32 Å². The Morgan fingerprint density at radius 3 is 2.95 bits per heavy atom. The molecule has 21 heavy (non-hydrogen) atoms. The van der Waals surface area contributed by atoms with Crippen LogP contribution in [-0.4, -0.2) is 31.8 Å². The lowest BCUT2D eigenvalue weighted by Gasteiger charge is -2.38. The van der Waals surface area contributed by atoms with Crippen LogP contribution in [0.3, 0.4) is 0 Å². The number of fused-ring (bicyclic) bond motifs is 1. The van der Waals surface area contributed by atoms with E-state index in [4.69, 9.17) is 4.74 Å². The highest BCUT2D eigenvalue weighted by Gasteiger charge is 2.25. The van der Waals surface area contributed by atoms with Crippen molar-refractivity contribution in [2.45, 2.75) is 52.2 Å². The zero-order valence-corrected chi connectivity index (χ0v) is 13.6. The van der Waals surface area contributed by atoms with Crippen molar-refractivity contribution >= 4 is 5.69 Å². The minimum absolute atomic E-state index is 0.272. The van der Waals surface area contributed by atoms with Gasteiger partial charge in [-0.1, -0.05) is 6.07 Å². The molecular weight excluding hydrogens is 260 g/mol. The highest BCUT2D eigenvalue weighted by Crippen LogP contribution is 2.36. The van der Waals surface area contributed by atoms with Crippen molar-refractivity contribution in [3.63, 3.8) is 0 Å². The molecule has 1 aromatic rings. The van der Waals surface area contributed by atoms with Crippen molar-refractivity contribution in [3.8, 4) is 5.75 Å². The van der Waals surface area contributed by atoms with Crippen molar-refractivity contribution < 1.29 is 4.74 Å². The Hall–Kier alpha value is -1.22. The number of nitrogens with zero attached hydrogens (tertiary/aromatic N) is 1. The van der Waals surface area contributed by atoms with Crippen LogP contribution in [0.1, 0.15) is 39.2 Å². The molecule has 1 saturated heterocycles. The van der Waals surface area contributed by atoms with Crippen LogP contribution in [0.4, 0.5) is 5.69 Å². The van der Waals surface area contributed by atoms with Crippen molar-refractivity contribution in [2.75, 3.05) is 24.5 Å². The summed E-state index contributed by atoms with van der Waals surface area (Å²) >= 11 is 0. The van der Waals surface area contributed by atoms with Crippen LogP contribution in [-0.2, 0) is 6.42 Å². The number of hydrogen-bond donors (Lipinski definition) is 1. The van der Waals surface area contributed by atoms with Gasteiger partial charge in [0.1, 0.15) is 11.9 Å². The van der Waals surface area contributed by atoms with E-state index in [2.05, 4.69) is 49.2 Å². The zero-order chi connectivity index (χ0) is 14.8. The molecule has 0 amide bonds. The third-order valence-corrected chi connectivity index (χ3v) is 4.66. The molecule has 0 saturated carbocycles. The number of ether oxygens (including phenoxy) is 1. The molecule has 3 nitrogen and oxygen atoms in total. The van der Waals surface area contributed by atoms with Crippen LogP contribution in [0.25, 0.3) is 0 Å².